The molecule has 0 aliphatic heterocycles. The lowest BCUT2D eigenvalue weighted by Crippen LogP contribution is -2.07. The van der Waals surface area contributed by atoms with E-state index in [2.05, 4.69) is 56.4 Å². The largest absolute Gasteiger partial charge is 0.378 e. The number of hydrogen-bond acceptors (Lipinski definition) is 3. The molecule has 2 rings (SSSR count). The van der Waals surface area contributed by atoms with Crippen molar-refractivity contribution in [2.75, 3.05) is 13.7 Å². The number of methoxy groups -OCH3 is 1. The Morgan fingerprint density at radius 2 is 1.88 bits per heavy atom. The van der Waals surface area contributed by atoms with Gasteiger partial charge in [-0.05, 0) is 61.3 Å². The maximum atomic E-state index is 5.56. The molecule has 4 heteroatoms. The summed E-state index contributed by atoms with van der Waals surface area (Å²) in [5, 5.41) is 8.76. The predicted molar refractivity (Wildman–Crippen MR) is 137 cm³/mol. The summed E-state index contributed by atoms with van der Waals surface area (Å²) >= 11 is 0. The summed E-state index contributed by atoms with van der Waals surface area (Å²) in [7, 11) is 1.72. The molecule has 0 N–H and O–H groups in total. The third kappa shape index (κ3) is 7.30. The van der Waals surface area contributed by atoms with E-state index in [0.717, 1.165) is 48.3 Å². The lowest BCUT2D eigenvalue weighted by Gasteiger charge is -2.18. The van der Waals surface area contributed by atoms with E-state index in [-0.39, 0.29) is 0 Å². The van der Waals surface area contributed by atoms with E-state index in [0.29, 0.717) is 12.5 Å². The highest BCUT2D eigenvalue weighted by Gasteiger charge is 2.13. The number of rotatable bonds is 15. The number of benzene rings is 1. The molecule has 0 radical (unpaired) electrons. The van der Waals surface area contributed by atoms with Crippen molar-refractivity contribution in [2.45, 2.75) is 65.7 Å². The van der Waals surface area contributed by atoms with Crippen molar-refractivity contribution in [2.24, 2.45) is 11.8 Å². The summed E-state index contributed by atoms with van der Waals surface area (Å²) in [6.45, 7) is 15.7. The molecular formula is C28H41N3O. The number of allylic oxidation sites excluding steroid dienone is 5. The molecule has 0 bridgehead atoms. The summed E-state index contributed by atoms with van der Waals surface area (Å²) < 4.78 is 7.46. The summed E-state index contributed by atoms with van der Waals surface area (Å²) in [5.74, 6) is 1.17. The number of aromatic nitrogens is 3. The fourth-order valence-electron chi connectivity index (χ4n) is 4.22. The Bertz CT molecular complexity index is 918. The van der Waals surface area contributed by atoms with Gasteiger partial charge in [-0.15, -0.1) is 11.7 Å². The average molecular weight is 436 g/mol. The van der Waals surface area contributed by atoms with Gasteiger partial charge >= 0.3 is 0 Å². The van der Waals surface area contributed by atoms with E-state index in [9.17, 15) is 0 Å². The van der Waals surface area contributed by atoms with Crippen LogP contribution in [0.5, 0.6) is 0 Å². The van der Waals surface area contributed by atoms with E-state index in [4.69, 9.17) is 4.74 Å². The third-order valence-corrected chi connectivity index (χ3v) is 6.25. The van der Waals surface area contributed by atoms with Crippen LogP contribution in [-0.4, -0.2) is 28.7 Å². The first-order valence-electron chi connectivity index (χ1n) is 12.1. The summed E-state index contributed by atoms with van der Waals surface area (Å²) in [4.78, 5) is 0. The van der Waals surface area contributed by atoms with Crippen LogP contribution >= 0.6 is 0 Å². The van der Waals surface area contributed by atoms with Crippen LogP contribution in [0.15, 0.2) is 66.8 Å². The highest BCUT2D eigenvalue weighted by atomic mass is 16.5. The van der Waals surface area contributed by atoms with Gasteiger partial charge in [-0.1, -0.05) is 81.7 Å². The van der Waals surface area contributed by atoms with E-state index < -0.39 is 0 Å². The zero-order chi connectivity index (χ0) is 23.3. The number of hydrogen-bond donors (Lipinski definition) is 0. The first-order valence-corrected chi connectivity index (χ1v) is 12.1. The van der Waals surface area contributed by atoms with Crippen molar-refractivity contribution in [3.63, 3.8) is 0 Å². The van der Waals surface area contributed by atoms with Crippen LogP contribution in [-0.2, 0) is 4.74 Å². The smallest absolute Gasteiger partial charge is 0.113 e. The fraction of sp³-hybridized carbons (Fsp3) is 0.500. The number of fused-ring (bicyclic) bond motifs is 1. The van der Waals surface area contributed by atoms with Gasteiger partial charge in [0.1, 0.15) is 5.52 Å². The topological polar surface area (TPSA) is 39.9 Å². The van der Waals surface area contributed by atoms with Gasteiger partial charge in [0, 0.05) is 7.11 Å². The minimum Gasteiger partial charge on any atom is -0.378 e. The van der Waals surface area contributed by atoms with E-state index in [1.54, 1.807) is 7.11 Å². The Kier molecular flexibility index (Phi) is 11.2. The van der Waals surface area contributed by atoms with E-state index in [1.165, 1.54) is 30.4 Å². The quantitative estimate of drug-likeness (QED) is 0.213. The molecule has 1 unspecified atom stereocenters. The van der Waals surface area contributed by atoms with Gasteiger partial charge in [0.05, 0.1) is 17.8 Å². The van der Waals surface area contributed by atoms with Gasteiger partial charge in [0.15, 0.2) is 0 Å². The molecule has 0 aliphatic rings. The summed E-state index contributed by atoms with van der Waals surface area (Å²) in [6.07, 6.45) is 14.4. The van der Waals surface area contributed by atoms with Crippen molar-refractivity contribution in [1.29, 1.82) is 0 Å². The Balaban J connectivity index is 2.45. The molecule has 32 heavy (non-hydrogen) atoms. The Labute approximate surface area is 194 Å². The van der Waals surface area contributed by atoms with Gasteiger partial charge in [-0.25, -0.2) is 4.68 Å². The molecule has 4 nitrogen and oxygen atoms in total. The first-order chi connectivity index (χ1) is 15.6. The summed E-state index contributed by atoms with van der Waals surface area (Å²) in [5.41, 5.74) is 5.32. The first kappa shape index (κ1) is 25.8. The molecule has 1 heterocycles. The molecule has 0 spiro atoms. The monoisotopic (exact) mass is 435 g/mol. The van der Waals surface area contributed by atoms with Gasteiger partial charge in [0.25, 0.3) is 0 Å². The maximum absolute atomic E-state index is 5.56. The van der Waals surface area contributed by atoms with Crippen LogP contribution in [0.1, 0.15) is 65.7 Å². The SMILES string of the molecule is C=CCC(CCC)C(=C)/C=C(\C=C(/COC)n1nnc2ccccc21)CCC(CC)CC. The van der Waals surface area contributed by atoms with Crippen LogP contribution in [0.4, 0.5) is 0 Å². The van der Waals surface area contributed by atoms with Crippen molar-refractivity contribution in [3.05, 3.63) is 66.8 Å². The Morgan fingerprint density at radius 3 is 2.53 bits per heavy atom. The van der Waals surface area contributed by atoms with Crippen LogP contribution in [0.3, 0.4) is 0 Å². The average Bonchev–Trinajstić information content (AvgIpc) is 3.23. The van der Waals surface area contributed by atoms with Crippen LogP contribution in [0, 0.1) is 11.8 Å². The van der Waals surface area contributed by atoms with E-state index >= 15 is 0 Å². The Morgan fingerprint density at radius 1 is 1.12 bits per heavy atom. The number of para-hydroxylation sites is 1. The molecule has 0 fully saturated rings. The summed E-state index contributed by atoms with van der Waals surface area (Å²) in [6, 6.07) is 8.04. The van der Waals surface area contributed by atoms with Crippen molar-refractivity contribution < 1.29 is 4.74 Å². The normalized spacial score (nSPS) is 13.7. The molecule has 0 amide bonds. The van der Waals surface area contributed by atoms with Gasteiger partial charge < -0.3 is 4.74 Å². The lowest BCUT2D eigenvalue weighted by atomic mass is 9.89. The molecule has 1 aromatic heterocycles. The van der Waals surface area contributed by atoms with Crippen molar-refractivity contribution in [3.8, 4) is 0 Å². The fourth-order valence-corrected chi connectivity index (χ4v) is 4.22. The molecule has 2 aromatic rings. The minimum absolute atomic E-state index is 0.437. The molecule has 0 saturated carbocycles. The van der Waals surface area contributed by atoms with Gasteiger partial charge in [0.2, 0.25) is 0 Å². The molecule has 0 aliphatic carbocycles. The molecule has 1 aromatic carbocycles. The van der Waals surface area contributed by atoms with Crippen molar-refractivity contribution >= 4 is 16.7 Å². The second kappa shape index (κ2) is 13.8. The minimum atomic E-state index is 0.437. The number of nitrogens with zero attached hydrogens (tertiary/aromatic N) is 3. The lowest BCUT2D eigenvalue weighted by molar-refractivity contribution is 0.235. The standard InChI is InChI=1S/C28H41N3O/c1-7-13-25(14-8-2)22(5)19-24(18-17-23(9-3)10-4)20-26(21-32-6)31-28-16-12-11-15-27(28)29-30-31/h7,11-12,15-16,19-20,23,25H,1,5,8-10,13-14,17-18,21H2,2-4,6H3/b24-19-,26-20+. The van der Waals surface area contributed by atoms with Crippen molar-refractivity contribution in [1.82, 2.24) is 15.0 Å². The van der Waals surface area contributed by atoms with Crippen LogP contribution in [0.25, 0.3) is 16.7 Å². The van der Waals surface area contributed by atoms with Gasteiger partial charge in [-0.3, -0.25) is 0 Å². The maximum Gasteiger partial charge on any atom is 0.113 e. The zero-order valence-electron chi connectivity index (χ0n) is 20.5. The molecule has 1 atom stereocenters. The molecule has 174 valence electrons. The highest BCUT2D eigenvalue weighted by Crippen LogP contribution is 2.27. The Hall–Kier alpha value is -2.46. The second-order valence-electron chi connectivity index (χ2n) is 8.58. The highest BCUT2D eigenvalue weighted by molar-refractivity contribution is 5.78. The predicted octanol–water partition coefficient (Wildman–Crippen LogP) is 7.61. The second-order valence-corrected chi connectivity index (χ2v) is 8.58. The number of ether oxygens (including phenoxy) is 1. The molecular weight excluding hydrogens is 394 g/mol. The zero-order valence-corrected chi connectivity index (χ0v) is 20.5. The van der Waals surface area contributed by atoms with Crippen LogP contribution < -0.4 is 0 Å². The molecule has 0 saturated heterocycles. The van der Waals surface area contributed by atoms with Gasteiger partial charge in [-0.2, -0.15) is 0 Å². The van der Waals surface area contributed by atoms with E-state index in [1.807, 2.05) is 35.0 Å². The third-order valence-electron chi connectivity index (χ3n) is 6.25. The van der Waals surface area contributed by atoms with Crippen LogP contribution in [0.2, 0.25) is 0 Å².